The molecule has 2 heterocycles. The third-order valence-electron chi connectivity index (χ3n) is 4.30. The van der Waals surface area contributed by atoms with Crippen molar-refractivity contribution < 1.29 is 23.1 Å². The number of carbonyl (C=O) groups is 2. The van der Waals surface area contributed by atoms with E-state index in [4.69, 9.17) is 4.74 Å². The summed E-state index contributed by atoms with van der Waals surface area (Å²) >= 11 is 0. The van der Waals surface area contributed by atoms with Crippen molar-refractivity contribution >= 4 is 11.8 Å². The third-order valence-corrected chi connectivity index (χ3v) is 4.30. The summed E-state index contributed by atoms with van der Waals surface area (Å²) in [6.07, 6.45) is 2.95. The Morgan fingerprint density at radius 1 is 1.07 bits per heavy atom. The van der Waals surface area contributed by atoms with E-state index >= 15 is 0 Å². The molecule has 1 aromatic carbocycles. The first-order chi connectivity index (χ1) is 13.0. The molecule has 1 aliphatic heterocycles. The lowest BCUT2D eigenvalue weighted by atomic mass is 10.2. The summed E-state index contributed by atoms with van der Waals surface area (Å²) in [5.74, 6) is -1.48. The van der Waals surface area contributed by atoms with Gasteiger partial charge in [-0.05, 0) is 24.6 Å². The summed E-state index contributed by atoms with van der Waals surface area (Å²) in [4.78, 5) is 31.6. The van der Waals surface area contributed by atoms with Gasteiger partial charge >= 0.3 is 0 Å². The highest BCUT2D eigenvalue weighted by atomic mass is 19.1. The molecule has 27 heavy (non-hydrogen) atoms. The number of aromatic nitrogens is 1. The number of rotatable bonds is 4. The average molecular weight is 375 g/mol. The van der Waals surface area contributed by atoms with Crippen LogP contribution in [0.5, 0.6) is 5.75 Å². The van der Waals surface area contributed by atoms with Crippen molar-refractivity contribution in [2.45, 2.75) is 6.42 Å². The van der Waals surface area contributed by atoms with Gasteiger partial charge in [0.1, 0.15) is 11.6 Å². The lowest BCUT2D eigenvalue weighted by molar-refractivity contribution is -0.133. The SMILES string of the molecule is O=C(COc1cccc(F)c1)N1CCCN(C(=O)c2ccncc2F)CC1. The summed E-state index contributed by atoms with van der Waals surface area (Å²) in [6.45, 7) is 1.30. The van der Waals surface area contributed by atoms with Gasteiger partial charge in [-0.1, -0.05) is 6.07 Å². The summed E-state index contributed by atoms with van der Waals surface area (Å²) in [6, 6.07) is 6.92. The Morgan fingerprint density at radius 3 is 2.63 bits per heavy atom. The number of amides is 2. The standard InChI is InChI=1S/C19H19F2N3O3/c20-14-3-1-4-15(11-14)27-13-18(25)23-7-2-8-24(10-9-23)19(26)16-5-6-22-12-17(16)21/h1,3-6,11-12H,2,7-10,13H2. The van der Waals surface area contributed by atoms with Crippen LogP contribution in [0.15, 0.2) is 42.7 Å². The fourth-order valence-corrected chi connectivity index (χ4v) is 2.88. The Kier molecular flexibility index (Phi) is 5.95. The molecule has 0 saturated carbocycles. The van der Waals surface area contributed by atoms with E-state index in [1.165, 1.54) is 35.4 Å². The zero-order valence-electron chi connectivity index (χ0n) is 14.6. The fraction of sp³-hybridized carbons (Fsp3) is 0.316. The van der Waals surface area contributed by atoms with Crippen LogP contribution in [0.4, 0.5) is 8.78 Å². The molecule has 2 aromatic rings. The molecule has 1 aromatic heterocycles. The molecule has 0 unspecified atom stereocenters. The van der Waals surface area contributed by atoms with E-state index in [-0.39, 0.29) is 23.8 Å². The Hall–Kier alpha value is -3.03. The van der Waals surface area contributed by atoms with E-state index in [2.05, 4.69) is 4.98 Å². The molecule has 0 aliphatic carbocycles. The number of hydrogen-bond acceptors (Lipinski definition) is 4. The minimum atomic E-state index is -0.664. The van der Waals surface area contributed by atoms with Gasteiger partial charge in [0.15, 0.2) is 12.4 Å². The van der Waals surface area contributed by atoms with Crippen LogP contribution in [-0.2, 0) is 4.79 Å². The van der Waals surface area contributed by atoms with Gasteiger partial charge in [-0.2, -0.15) is 0 Å². The predicted octanol–water partition coefficient (Wildman–Crippen LogP) is 2.11. The number of hydrogen-bond donors (Lipinski definition) is 0. The summed E-state index contributed by atoms with van der Waals surface area (Å²) < 4.78 is 32.3. The average Bonchev–Trinajstić information content (AvgIpc) is 2.92. The first kappa shape index (κ1) is 18.8. The zero-order chi connectivity index (χ0) is 19.2. The zero-order valence-corrected chi connectivity index (χ0v) is 14.6. The molecule has 0 radical (unpaired) electrons. The van der Waals surface area contributed by atoms with E-state index in [9.17, 15) is 18.4 Å². The molecule has 0 bridgehead atoms. The first-order valence-corrected chi connectivity index (χ1v) is 8.59. The quantitative estimate of drug-likeness (QED) is 0.821. The Balaban J connectivity index is 1.55. The van der Waals surface area contributed by atoms with Crippen LogP contribution < -0.4 is 4.74 Å². The number of nitrogens with zero attached hydrogens (tertiary/aromatic N) is 3. The van der Waals surface area contributed by atoms with Crippen LogP contribution in [0, 0.1) is 11.6 Å². The van der Waals surface area contributed by atoms with E-state index < -0.39 is 17.5 Å². The predicted molar refractivity (Wildman–Crippen MR) is 93.2 cm³/mol. The summed E-state index contributed by atoms with van der Waals surface area (Å²) in [7, 11) is 0. The number of ether oxygens (including phenoxy) is 1. The van der Waals surface area contributed by atoms with Gasteiger partial charge in [-0.15, -0.1) is 0 Å². The maximum atomic E-state index is 13.8. The van der Waals surface area contributed by atoms with Crippen LogP contribution in [0.25, 0.3) is 0 Å². The maximum Gasteiger partial charge on any atom is 0.260 e. The van der Waals surface area contributed by atoms with Gasteiger partial charge in [-0.25, -0.2) is 8.78 Å². The second-order valence-corrected chi connectivity index (χ2v) is 6.13. The smallest absolute Gasteiger partial charge is 0.260 e. The van der Waals surface area contributed by atoms with Crippen LogP contribution >= 0.6 is 0 Å². The molecule has 2 amide bonds. The van der Waals surface area contributed by atoms with Crippen molar-refractivity contribution in [3.8, 4) is 5.75 Å². The molecule has 0 spiro atoms. The fourth-order valence-electron chi connectivity index (χ4n) is 2.88. The van der Waals surface area contributed by atoms with Crippen molar-refractivity contribution in [2.75, 3.05) is 32.8 Å². The summed E-state index contributed by atoms with van der Waals surface area (Å²) in [5, 5.41) is 0. The normalized spacial score (nSPS) is 14.6. The van der Waals surface area contributed by atoms with Crippen LogP contribution in [0.1, 0.15) is 16.8 Å². The second-order valence-electron chi connectivity index (χ2n) is 6.13. The molecule has 0 atom stereocenters. The van der Waals surface area contributed by atoms with Crippen molar-refractivity contribution in [2.24, 2.45) is 0 Å². The molecular formula is C19H19F2N3O3. The van der Waals surface area contributed by atoms with E-state index in [0.29, 0.717) is 32.6 Å². The number of carbonyl (C=O) groups excluding carboxylic acids is 2. The molecule has 1 aliphatic rings. The van der Waals surface area contributed by atoms with Gasteiger partial charge in [0.05, 0.1) is 11.8 Å². The summed E-state index contributed by atoms with van der Waals surface area (Å²) in [5.41, 5.74) is -0.0285. The van der Waals surface area contributed by atoms with Crippen molar-refractivity contribution in [1.82, 2.24) is 14.8 Å². The number of benzene rings is 1. The molecule has 0 N–H and O–H groups in total. The van der Waals surface area contributed by atoms with Crippen molar-refractivity contribution in [3.63, 3.8) is 0 Å². The lowest BCUT2D eigenvalue weighted by Gasteiger charge is -2.22. The van der Waals surface area contributed by atoms with Crippen molar-refractivity contribution in [1.29, 1.82) is 0 Å². The topological polar surface area (TPSA) is 62.7 Å². The van der Waals surface area contributed by atoms with E-state index in [1.807, 2.05) is 0 Å². The van der Waals surface area contributed by atoms with Gasteiger partial charge in [-0.3, -0.25) is 14.6 Å². The Bertz CT molecular complexity index is 831. The highest BCUT2D eigenvalue weighted by Gasteiger charge is 2.24. The van der Waals surface area contributed by atoms with Crippen molar-refractivity contribution in [3.05, 3.63) is 59.9 Å². The van der Waals surface area contributed by atoms with Gasteiger partial charge in [0.25, 0.3) is 11.8 Å². The first-order valence-electron chi connectivity index (χ1n) is 8.59. The van der Waals surface area contributed by atoms with Gasteiger partial charge < -0.3 is 14.5 Å². The highest BCUT2D eigenvalue weighted by Crippen LogP contribution is 2.14. The largest absolute Gasteiger partial charge is 0.484 e. The molecule has 6 nitrogen and oxygen atoms in total. The molecule has 1 fully saturated rings. The van der Waals surface area contributed by atoms with Gasteiger partial charge in [0, 0.05) is 38.4 Å². The molecule has 8 heteroatoms. The number of halogens is 2. The monoisotopic (exact) mass is 375 g/mol. The Labute approximate surface area is 155 Å². The van der Waals surface area contributed by atoms with Gasteiger partial charge in [0.2, 0.25) is 0 Å². The highest BCUT2D eigenvalue weighted by molar-refractivity contribution is 5.94. The number of pyridine rings is 1. The van der Waals surface area contributed by atoms with Crippen LogP contribution in [0.2, 0.25) is 0 Å². The minimum Gasteiger partial charge on any atom is -0.484 e. The van der Waals surface area contributed by atoms with E-state index in [0.717, 1.165) is 6.20 Å². The minimum absolute atomic E-state index is 0.0285. The third kappa shape index (κ3) is 4.78. The molecular weight excluding hydrogens is 356 g/mol. The molecule has 142 valence electrons. The molecule has 1 saturated heterocycles. The van der Waals surface area contributed by atoms with E-state index in [1.54, 1.807) is 11.0 Å². The maximum absolute atomic E-state index is 13.8. The molecule has 3 rings (SSSR count). The van der Waals surface area contributed by atoms with Crippen LogP contribution in [0.3, 0.4) is 0 Å². The second kappa shape index (κ2) is 8.57. The lowest BCUT2D eigenvalue weighted by Crippen LogP contribution is -2.39. The Morgan fingerprint density at radius 2 is 1.85 bits per heavy atom. The van der Waals surface area contributed by atoms with Crippen LogP contribution in [-0.4, -0.2) is 59.4 Å².